The third kappa shape index (κ3) is 3.62. The highest BCUT2D eigenvalue weighted by molar-refractivity contribution is 7.09. The van der Waals surface area contributed by atoms with Gasteiger partial charge in [0.2, 0.25) is 0 Å². The zero-order valence-electron chi connectivity index (χ0n) is 11.8. The number of rotatable bonds is 5. The Morgan fingerprint density at radius 3 is 2.73 bits per heavy atom. The number of hydrogen-bond donors (Lipinski definition) is 1. The highest BCUT2D eigenvalue weighted by atomic mass is 32.1. The molecule has 1 heterocycles. The van der Waals surface area contributed by atoms with Gasteiger partial charge in [-0.2, -0.15) is 0 Å². The van der Waals surface area contributed by atoms with Crippen molar-refractivity contribution in [1.82, 2.24) is 4.98 Å². The first kappa shape index (κ1) is 14.5. The van der Waals surface area contributed by atoms with Crippen molar-refractivity contribution >= 4 is 17.0 Å². The van der Waals surface area contributed by atoms with E-state index < -0.39 is 0 Å². The Hall–Kier alpha value is -2.40. The second-order valence-corrected chi connectivity index (χ2v) is 5.75. The number of aromatic nitrogens is 1. The van der Waals surface area contributed by atoms with Crippen LogP contribution in [0.1, 0.15) is 5.01 Å². The summed E-state index contributed by atoms with van der Waals surface area (Å²) < 4.78 is 18.6. The lowest BCUT2D eigenvalue weighted by atomic mass is 10.2. The van der Waals surface area contributed by atoms with Crippen LogP contribution in [0.5, 0.6) is 5.75 Å². The average Bonchev–Trinajstić information content (AvgIpc) is 2.97. The molecule has 0 radical (unpaired) electrons. The predicted octanol–water partition coefficient (Wildman–Crippen LogP) is 4.15. The molecule has 0 aliphatic carbocycles. The molecular weight excluding hydrogens is 299 g/mol. The third-order valence-corrected chi connectivity index (χ3v) is 4.04. The van der Waals surface area contributed by atoms with Gasteiger partial charge in [0.05, 0.1) is 17.3 Å². The van der Waals surface area contributed by atoms with E-state index in [-0.39, 0.29) is 5.82 Å². The number of ether oxygens (including phenoxy) is 1. The molecule has 5 heteroatoms. The van der Waals surface area contributed by atoms with Gasteiger partial charge in [-0.1, -0.05) is 6.07 Å². The molecule has 112 valence electrons. The SMILES string of the molecule is Nc1cccc(OCCc2nc(-c3ccc(F)cc3)cs2)c1. The monoisotopic (exact) mass is 314 g/mol. The van der Waals surface area contributed by atoms with Crippen LogP contribution in [0.2, 0.25) is 0 Å². The van der Waals surface area contributed by atoms with Crippen molar-refractivity contribution in [3.05, 3.63) is 64.7 Å². The molecule has 0 fully saturated rings. The fraction of sp³-hybridized carbons (Fsp3) is 0.118. The zero-order chi connectivity index (χ0) is 15.4. The lowest BCUT2D eigenvalue weighted by Crippen LogP contribution is -2.01. The van der Waals surface area contributed by atoms with Gasteiger partial charge < -0.3 is 10.5 Å². The summed E-state index contributed by atoms with van der Waals surface area (Å²) in [5, 5.41) is 2.96. The summed E-state index contributed by atoms with van der Waals surface area (Å²) >= 11 is 1.58. The molecule has 1 aromatic heterocycles. The van der Waals surface area contributed by atoms with E-state index in [0.29, 0.717) is 12.3 Å². The molecule has 2 aromatic carbocycles. The van der Waals surface area contributed by atoms with E-state index in [0.717, 1.165) is 28.4 Å². The van der Waals surface area contributed by atoms with E-state index >= 15 is 0 Å². The van der Waals surface area contributed by atoms with Gasteiger partial charge in [0.15, 0.2) is 0 Å². The average molecular weight is 314 g/mol. The Balaban J connectivity index is 1.59. The molecular formula is C17H15FN2OS. The number of anilines is 1. The highest BCUT2D eigenvalue weighted by Gasteiger charge is 2.05. The fourth-order valence-electron chi connectivity index (χ4n) is 2.04. The van der Waals surface area contributed by atoms with Crippen LogP contribution in [0.25, 0.3) is 11.3 Å². The van der Waals surface area contributed by atoms with Gasteiger partial charge in [-0.25, -0.2) is 9.37 Å². The molecule has 0 saturated heterocycles. The number of nitrogen functional groups attached to an aromatic ring is 1. The quantitative estimate of drug-likeness (QED) is 0.720. The second-order valence-electron chi connectivity index (χ2n) is 4.80. The van der Waals surface area contributed by atoms with Gasteiger partial charge >= 0.3 is 0 Å². The van der Waals surface area contributed by atoms with Crippen LogP contribution in [-0.2, 0) is 6.42 Å². The number of thiazole rings is 1. The topological polar surface area (TPSA) is 48.1 Å². The summed E-state index contributed by atoms with van der Waals surface area (Å²) in [6, 6.07) is 13.7. The first-order valence-corrected chi connectivity index (χ1v) is 7.77. The van der Waals surface area contributed by atoms with Gasteiger partial charge in [0.25, 0.3) is 0 Å². The minimum Gasteiger partial charge on any atom is -0.493 e. The van der Waals surface area contributed by atoms with Crippen molar-refractivity contribution < 1.29 is 9.13 Å². The second kappa shape index (κ2) is 6.58. The first-order valence-electron chi connectivity index (χ1n) is 6.89. The van der Waals surface area contributed by atoms with Crippen molar-refractivity contribution in [2.45, 2.75) is 6.42 Å². The van der Waals surface area contributed by atoms with Crippen molar-refractivity contribution in [2.75, 3.05) is 12.3 Å². The lowest BCUT2D eigenvalue weighted by molar-refractivity contribution is 0.322. The van der Waals surface area contributed by atoms with Crippen LogP contribution in [0.15, 0.2) is 53.9 Å². The molecule has 0 unspecified atom stereocenters. The molecule has 0 atom stereocenters. The maximum Gasteiger partial charge on any atom is 0.123 e. The molecule has 2 N–H and O–H groups in total. The predicted molar refractivity (Wildman–Crippen MR) is 87.6 cm³/mol. The normalized spacial score (nSPS) is 10.6. The summed E-state index contributed by atoms with van der Waals surface area (Å²) in [6.07, 6.45) is 0.723. The summed E-state index contributed by atoms with van der Waals surface area (Å²) in [6.45, 7) is 0.541. The summed E-state index contributed by atoms with van der Waals surface area (Å²) in [4.78, 5) is 4.55. The van der Waals surface area contributed by atoms with Crippen molar-refractivity contribution in [3.8, 4) is 17.0 Å². The van der Waals surface area contributed by atoms with E-state index in [1.165, 1.54) is 12.1 Å². The van der Waals surface area contributed by atoms with E-state index in [2.05, 4.69) is 4.98 Å². The van der Waals surface area contributed by atoms with Crippen molar-refractivity contribution in [3.63, 3.8) is 0 Å². The van der Waals surface area contributed by atoms with Gasteiger partial charge in [-0.15, -0.1) is 11.3 Å². The number of nitrogens with zero attached hydrogens (tertiary/aromatic N) is 1. The maximum absolute atomic E-state index is 12.9. The summed E-state index contributed by atoms with van der Waals surface area (Å²) in [5.41, 5.74) is 8.17. The minimum atomic E-state index is -0.241. The van der Waals surface area contributed by atoms with Crippen molar-refractivity contribution in [2.24, 2.45) is 0 Å². The van der Waals surface area contributed by atoms with Gasteiger partial charge in [0.1, 0.15) is 11.6 Å². The van der Waals surface area contributed by atoms with Gasteiger partial charge in [0, 0.05) is 29.1 Å². The standard InChI is InChI=1S/C17H15FN2OS/c18-13-6-4-12(5-7-13)16-11-22-17(20-16)8-9-21-15-3-1-2-14(19)10-15/h1-7,10-11H,8-9,19H2. The molecule has 0 amide bonds. The van der Waals surface area contributed by atoms with E-state index in [1.54, 1.807) is 29.5 Å². The van der Waals surface area contributed by atoms with Crippen LogP contribution in [0, 0.1) is 5.82 Å². The minimum absolute atomic E-state index is 0.241. The Morgan fingerprint density at radius 1 is 1.14 bits per heavy atom. The van der Waals surface area contributed by atoms with Crippen LogP contribution < -0.4 is 10.5 Å². The Kier molecular flexibility index (Phi) is 4.34. The molecule has 3 aromatic rings. The Bertz CT molecular complexity index is 755. The van der Waals surface area contributed by atoms with E-state index in [1.807, 2.05) is 23.6 Å². The van der Waals surface area contributed by atoms with Gasteiger partial charge in [-0.3, -0.25) is 0 Å². The van der Waals surface area contributed by atoms with Crippen LogP contribution >= 0.6 is 11.3 Å². The molecule has 0 saturated carbocycles. The van der Waals surface area contributed by atoms with Crippen LogP contribution in [-0.4, -0.2) is 11.6 Å². The maximum atomic E-state index is 12.9. The molecule has 3 rings (SSSR count). The molecule has 0 aliphatic heterocycles. The molecule has 0 bridgehead atoms. The molecule has 22 heavy (non-hydrogen) atoms. The fourth-order valence-corrected chi connectivity index (χ4v) is 2.83. The largest absolute Gasteiger partial charge is 0.493 e. The number of hydrogen-bond acceptors (Lipinski definition) is 4. The highest BCUT2D eigenvalue weighted by Crippen LogP contribution is 2.22. The van der Waals surface area contributed by atoms with Crippen molar-refractivity contribution in [1.29, 1.82) is 0 Å². The van der Waals surface area contributed by atoms with Crippen LogP contribution in [0.3, 0.4) is 0 Å². The number of halogens is 1. The number of nitrogens with two attached hydrogens (primary N) is 1. The van der Waals surface area contributed by atoms with Gasteiger partial charge in [-0.05, 0) is 36.4 Å². The molecule has 3 nitrogen and oxygen atoms in total. The lowest BCUT2D eigenvalue weighted by Gasteiger charge is -2.05. The molecule has 0 aliphatic rings. The summed E-state index contributed by atoms with van der Waals surface area (Å²) in [7, 11) is 0. The number of benzene rings is 2. The Morgan fingerprint density at radius 2 is 1.95 bits per heavy atom. The third-order valence-electron chi connectivity index (χ3n) is 3.13. The summed E-state index contributed by atoms with van der Waals surface area (Å²) in [5.74, 6) is 0.519. The first-order chi connectivity index (χ1) is 10.7. The van der Waals surface area contributed by atoms with E-state index in [9.17, 15) is 4.39 Å². The molecule has 0 spiro atoms. The smallest absolute Gasteiger partial charge is 0.123 e. The zero-order valence-corrected chi connectivity index (χ0v) is 12.6. The Labute approximate surface area is 132 Å². The van der Waals surface area contributed by atoms with Crippen LogP contribution in [0.4, 0.5) is 10.1 Å². The van der Waals surface area contributed by atoms with E-state index in [4.69, 9.17) is 10.5 Å².